The molecule has 3 N–H and O–H groups in total. The predicted octanol–water partition coefficient (Wildman–Crippen LogP) is 2.28. The Morgan fingerprint density at radius 1 is 1.16 bits per heavy atom. The summed E-state index contributed by atoms with van der Waals surface area (Å²) in [5.74, 6) is 0. The highest BCUT2D eigenvalue weighted by molar-refractivity contribution is 5.95. The number of benzene rings is 2. The molecular weight excluding hydrogens is 238 g/mol. The zero-order valence-corrected chi connectivity index (χ0v) is 10.5. The van der Waals surface area contributed by atoms with Crippen molar-refractivity contribution in [3.8, 4) is 11.1 Å². The lowest BCUT2D eigenvalue weighted by atomic mass is 10.0. The summed E-state index contributed by atoms with van der Waals surface area (Å²) in [6.07, 6.45) is 1.74. The number of hydrogen-bond donors (Lipinski definition) is 2. The lowest BCUT2D eigenvalue weighted by Crippen LogP contribution is -2.01. The highest BCUT2D eigenvalue weighted by Gasteiger charge is 2.10. The van der Waals surface area contributed by atoms with E-state index in [1.54, 1.807) is 6.33 Å². The van der Waals surface area contributed by atoms with Crippen LogP contribution in [0.2, 0.25) is 0 Å². The molecule has 0 saturated carbocycles. The number of nitrogens with two attached hydrogens (primary N) is 1. The summed E-state index contributed by atoms with van der Waals surface area (Å²) in [5.41, 5.74) is 10.6. The molecule has 0 radical (unpaired) electrons. The van der Waals surface area contributed by atoms with Crippen LogP contribution in [0.3, 0.4) is 0 Å². The smallest absolute Gasteiger partial charge is 0.0959 e. The molecule has 0 fully saturated rings. The average Bonchev–Trinajstić information content (AvgIpc) is 2.82. The lowest BCUT2D eigenvalue weighted by Gasteiger charge is -2.09. The topological polar surface area (TPSA) is 64.1 Å². The Morgan fingerprint density at radius 2 is 1.95 bits per heavy atom. The first-order valence-electron chi connectivity index (χ1n) is 6.20. The van der Waals surface area contributed by atoms with Crippen LogP contribution in [-0.4, -0.2) is 21.3 Å². The predicted molar refractivity (Wildman–Crippen MR) is 76.7 cm³/mol. The Kier molecular flexibility index (Phi) is 2.93. The van der Waals surface area contributed by atoms with Crippen LogP contribution in [-0.2, 0) is 6.54 Å². The fourth-order valence-corrected chi connectivity index (χ4v) is 2.35. The Morgan fingerprint density at radius 3 is 2.68 bits per heavy atom. The molecule has 0 saturated heterocycles. The molecule has 0 spiro atoms. The quantitative estimate of drug-likeness (QED) is 0.704. The second-order valence-electron chi connectivity index (χ2n) is 4.46. The summed E-state index contributed by atoms with van der Waals surface area (Å²) in [6.45, 7) is 0.615. The van der Waals surface area contributed by atoms with Gasteiger partial charge in [0, 0.05) is 17.8 Å². The summed E-state index contributed by atoms with van der Waals surface area (Å²) >= 11 is 0. The van der Waals surface area contributed by atoms with Crippen LogP contribution in [0.5, 0.6) is 0 Å². The van der Waals surface area contributed by atoms with E-state index in [9.17, 15) is 0 Å². The van der Waals surface area contributed by atoms with Crippen LogP contribution in [0.4, 0.5) is 5.69 Å². The van der Waals surface area contributed by atoms with Crippen LogP contribution in [0.15, 0.2) is 48.8 Å². The van der Waals surface area contributed by atoms with Gasteiger partial charge in [-0.1, -0.05) is 30.3 Å². The van der Waals surface area contributed by atoms with Gasteiger partial charge in [0.15, 0.2) is 0 Å². The van der Waals surface area contributed by atoms with Gasteiger partial charge < -0.3 is 15.4 Å². The van der Waals surface area contributed by atoms with E-state index in [-0.39, 0.29) is 6.61 Å². The number of aromatic nitrogens is 2. The van der Waals surface area contributed by atoms with E-state index in [4.69, 9.17) is 10.8 Å². The molecule has 0 unspecified atom stereocenters. The number of anilines is 1. The maximum absolute atomic E-state index is 9.14. The van der Waals surface area contributed by atoms with Gasteiger partial charge in [-0.15, -0.1) is 0 Å². The second-order valence-corrected chi connectivity index (χ2v) is 4.46. The van der Waals surface area contributed by atoms with Crippen LogP contribution in [0.1, 0.15) is 0 Å². The van der Waals surface area contributed by atoms with Gasteiger partial charge in [-0.2, -0.15) is 0 Å². The minimum Gasteiger partial charge on any atom is -0.399 e. The molecule has 0 atom stereocenters. The molecule has 0 aliphatic heterocycles. The van der Waals surface area contributed by atoms with E-state index in [0.717, 1.165) is 22.2 Å². The molecule has 0 amide bonds. The van der Waals surface area contributed by atoms with E-state index in [0.29, 0.717) is 12.2 Å². The third kappa shape index (κ3) is 2.06. The molecule has 2 aromatic carbocycles. The van der Waals surface area contributed by atoms with Gasteiger partial charge in [-0.05, 0) is 17.7 Å². The van der Waals surface area contributed by atoms with Gasteiger partial charge in [0.25, 0.3) is 0 Å². The van der Waals surface area contributed by atoms with Crippen molar-refractivity contribution in [1.29, 1.82) is 0 Å². The third-order valence-corrected chi connectivity index (χ3v) is 3.16. The van der Waals surface area contributed by atoms with Crippen molar-refractivity contribution in [3.05, 3.63) is 48.8 Å². The van der Waals surface area contributed by atoms with E-state index in [2.05, 4.69) is 4.98 Å². The van der Waals surface area contributed by atoms with Crippen molar-refractivity contribution in [2.75, 3.05) is 12.3 Å². The van der Waals surface area contributed by atoms with Gasteiger partial charge >= 0.3 is 0 Å². The molecule has 4 heteroatoms. The van der Waals surface area contributed by atoms with Crippen LogP contribution in [0.25, 0.3) is 22.2 Å². The summed E-state index contributed by atoms with van der Waals surface area (Å²) in [4.78, 5) is 4.36. The van der Waals surface area contributed by atoms with Crippen molar-refractivity contribution < 1.29 is 5.11 Å². The first-order chi connectivity index (χ1) is 9.29. The van der Waals surface area contributed by atoms with Gasteiger partial charge in [0.1, 0.15) is 0 Å². The Hall–Kier alpha value is -2.33. The first-order valence-corrected chi connectivity index (χ1v) is 6.20. The molecule has 1 heterocycles. The molecule has 0 aliphatic carbocycles. The van der Waals surface area contributed by atoms with Gasteiger partial charge in [-0.25, -0.2) is 4.98 Å². The normalized spacial score (nSPS) is 11.0. The van der Waals surface area contributed by atoms with E-state index >= 15 is 0 Å². The van der Waals surface area contributed by atoms with Gasteiger partial charge in [-0.3, -0.25) is 0 Å². The Balaban J connectivity index is 2.30. The molecule has 0 bridgehead atoms. The number of fused-ring (bicyclic) bond motifs is 1. The molecule has 3 aromatic rings. The zero-order chi connectivity index (χ0) is 13.2. The molecular formula is C15H15N3O. The molecule has 96 valence electrons. The average molecular weight is 253 g/mol. The Labute approximate surface area is 111 Å². The minimum absolute atomic E-state index is 0.0874. The number of hydrogen-bond acceptors (Lipinski definition) is 3. The summed E-state index contributed by atoms with van der Waals surface area (Å²) in [6, 6.07) is 13.9. The monoisotopic (exact) mass is 253 g/mol. The summed E-state index contributed by atoms with van der Waals surface area (Å²) in [5, 5.41) is 9.14. The van der Waals surface area contributed by atoms with E-state index in [1.165, 1.54) is 0 Å². The number of rotatable bonds is 3. The van der Waals surface area contributed by atoms with Crippen molar-refractivity contribution in [1.82, 2.24) is 9.55 Å². The maximum Gasteiger partial charge on any atom is 0.0959 e. The van der Waals surface area contributed by atoms with Crippen LogP contribution in [0, 0.1) is 0 Å². The number of aliphatic hydroxyl groups is 1. The van der Waals surface area contributed by atoms with E-state index in [1.807, 2.05) is 47.0 Å². The number of imidazole rings is 1. The van der Waals surface area contributed by atoms with Crippen molar-refractivity contribution >= 4 is 16.7 Å². The minimum atomic E-state index is 0.0874. The summed E-state index contributed by atoms with van der Waals surface area (Å²) in [7, 11) is 0. The van der Waals surface area contributed by atoms with Crippen molar-refractivity contribution in [3.63, 3.8) is 0 Å². The van der Waals surface area contributed by atoms with Crippen LogP contribution >= 0.6 is 0 Å². The molecule has 1 aromatic heterocycles. The highest BCUT2D eigenvalue weighted by atomic mass is 16.3. The molecule has 19 heavy (non-hydrogen) atoms. The second kappa shape index (κ2) is 4.74. The largest absolute Gasteiger partial charge is 0.399 e. The molecule has 0 aliphatic rings. The zero-order valence-electron chi connectivity index (χ0n) is 10.5. The van der Waals surface area contributed by atoms with Crippen molar-refractivity contribution in [2.45, 2.75) is 6.54 Å². The van der Waals surface area contributed by atoms with E-state index < -0.39 is 0 Å². The highest BCUT2D eigenvalue weighted by Crippen LogP contribution is 2.30. The summed E-state index contributed by atoms with van der Waals surface area (Å²) < 4.78 is 1.96. The SMILES string of the molecule is Nc1cc(-c2ccccc2)c2c(c1)ncn2CCO. The molecule has 4 nitrogen and oxygen atoms in total. The maximum atomic E-state index is 9.14. The van der Waals surface area contributed by atoms with Gasteiger partial charge in [0.05, 0.1) is 24.0 Å². The molecule has 3 rings (SSSR count). The van der Waals surface area contributed by atoms with Gasteiger partial charge in [0.2, 0.25) is 0 Å². The lowest BCUT2D eigenvalue weighted by molar-refractivity contribution is 0.278. The number of nitrogens with zero attached hydrogens (tertiary/aromatic N) is 2. The third-order valence-electron chi connectivity index (χ3n) is 3.16. The standard InChI is InChI=1S/C15H15N3O/c16-12-8-13(11-4-2-1-3-5-11)15-14(9-12)17-10-18(15)6-7-19/h1-5,8-10,19H,6-7,16H2. The van der Waals surface area contributed by atoms with Crippen LogP contribution < -0.4 is 5.73 Å². The number of aliphatic hydroxyl groups excluding tert-OH is 1. The fourth-order valence-electron chi connectivity index (χ4n) is 2.35. The Bertz CT molecular complexity index is 704. The fraction of sp³-hybridized carbons (Fsp3) is 0.133. The first kappa shape index (κ1) is 11.7. The number of nitrogen functional groups attached to an aromatic ring is 1. The van der Waals surface area contributed by atoms with Crippen molar-refractivity contribution in [2.24, 2.45) is 0 Å².